The SMILES string of the molecule is C=CC1CCCS1.C=Cc1nccs1. The molecular formula is C11H15NS2. The molecule has 1 nitrogen and oxygen atoms in total. The largest absolute Gasteiger partial charge is 0.245 e. The molecule has 1 aromatic rings. The van der Waals surface area contributed by atoms with Gasteiger partial charge in [0, 0.05) is 16.8 Å². The molecule has 14 heavy (non-hydrogen) atoms. The maximum Gasteiger partial charge on any atom is 0.115 e. The van der Waals surface area contributed by atoms with E-state index in [1.165, 1.54) is 18.6 Å². The van der Waals surface area contributed by atoms with Crippen LogP contribution in [0.5, 0.6) is 0 Å². The lowest BCUT2D eigenvalue weighted by Gasteiger charge is -1.94. The van der Waals surface area contributed by atoms with Crippen molar-refractivity contribution in [2.24, 2.45) is 0 Å². The van der Waals surface area contributed by atoms with E-state index in [0.717, 1.165) is 10.3 Å². The van der Waals surface area contributed by atoms with Crippen LogP contribution in [0.15, 0.2) is 30.8 Å². The molecular weight excluding hydrogens is 210 g/mol. The van der Waals surface area contributed by atoms with Gasteiger partial charge < -0.3 is 0 Å². The molecule has 0 aromatic carbocycles. The zero-order valence-electron chi connectivity index (χ0n) is 8.19. The van der Waals surface area contributed by atoms with Gasteiger partial charge in [0.15, 0.2) is 0 Å². The molecule has 1 aliphatic rings. The van der Waals surface area contributed by atoms with E-state index in [-0.39, 0.29) is 0 Å². The van der Waals surface area contributed by atoms with Crippen LogP contribution < -0.4 is 0 Å². The van der Waals surface area contributed by atoms with Crippen molar-refractivity contribution in [1.82, 2.24) is 4.98 Å². The van der Waals surface area contributed by atoms with E-state index >= 15 is 0 Å². The molecule has 3 heteroatoms. The highest BCUT2D eigenvalue weighted by atomic mass is 32.2. The topological polar surface area (TPSA) is 12.9 Å². The van der Waals surface area contributed by atoms with E-state index in [4.69, 9.17) is 0 Å². The lowest BCUT2D eigenvalue weighted by Crippen LogP contribution is -1.85. The fraction of sp³-hybridized carbons (Fsp3) is 0.364. The molecule has 0 saturated carbocycles. The minimum atomic E-state index is 0.778. The molecule has 1 saturated heterocycles. The van der Waals surface area contributed by atoms with E-state index in [1.54, 1.807) is 23.6 Å². The van der Waals surface area contributed by atoms with Gasteiger partial charge in [0.1, 0.15) is 5.01 Å². The molecule has 0 amide bonds. The van der Waals surface area contributed by atoms with Crippen LogP contribution in [-0.2, 0) is 0 Å². The first-order valence-electron chi connectivity index (χ1n) is 4.63. The number of hydrogen-bond donors (Lipinski definition) is 0. The lowest BCUT2D eigenvalue weighted by atomic mass is 10.2. The Labute approximate surface area is 94.0 Å². The van der Waals surface area contributed by atoms with Gasteiger partial charge in [0.25, 0.3) is 0 Å². The van der Waals surface area contributed by atoms with E-state index in [1.807, 2.05) is 17.1 Å². The number of thiazole rings is 1. The molecule has 0 bridgehead atoms. The fourth-order valence-electron chi connectivity index (χ4n) is 1.12. The molecule has 1 unspecified atom stereocenters. The minimum Gasteiger partial charge on any atom is -0.245 e. The molecule has 2 rings (SSSR count). The second-order valence-electron chi connectivity index (χ2n) is 2.86. The summed E-state index contributed by atoms with van der Waals surface area (Å²) in [4.78, 5) is 3.94. The third-order valence-electron chi connectivity index (χ3n) is 1.85. The second kappa shape index (κ2) is 6.85. The zero-order chi connectivity index (χ0) is 10.2. The molecule has 1 atom stereocenters. The summed E-state index contributed by atoms with van der Waals surface area (Å²) in [6, 6.07) is 0. The van der Waals surface area contributed by atoms with Crippen LogP contribution in [0.2, 0.25) is 0 Å². The number of nitrogens with zero attached hydrogens (tertiary/aromatic N) is 1. The number of thioether (sulfide) groups is 1. The highest BCUT2D eigenvalue weighted by molar-refractivity contribution is 8.00. The summed E-state index contributed by atoms with van der Waals surface area (Å²) >= 11 is 3.62. The van der Waals surface area contributed by atoms with E-state index in [0.29, 0.717) is 0 Å². The summed E-state index contributed by atoms with van der Waals surface area (Å²) in [5, 5.41) is 3.69. The summed E-state index contributed by atoms with van der Waals surface area (Å²) in [5.74, 6) is 1.34. The second-order valence-corrected chi connectivity index (χ2v) is 5.13. The van der Waals surface area contributed by atoms with Crippen LogP contribution in [-0.4, -0.2) is 16.0 Å². The Morgan fingerprint density at radius 2 is 2.36 bits per heavy atom. The Balaban J connectivity index is 0.000000140. The van der Waals surface area contributed by atoms with Gasteiger partial charge in [-0.1, -0.05) is 12.7 Å². The Bertz CT molecular complexity index is 261. The molecule has 1 fully saturated rings. The summed E-state index contributed by atoms with van der Waals surface area (Å²) in [6.45, 7) is 7.27. The van der Waals surface area contributed by atoms with Crippen molar-refractivity contribution < 1.29 is 0 Å². The lowest BCUT2D eigenvalue weighted by molar-refractivity contribution is 0.882. The van der Waals surface area contributed by atoms with Crippen molar-refractivity contribution >= 4 is 29.2 Å². The van der Waals surface area contributed by atoms with Crippen molar-refractivity contribution in [2.75, 3.05) is 5.75 Å². The van der Waals surface area contributed by atoms with Gasteiger partial charge in [-0.3, -0.25) is 0 Å². The van der Waals surface area contributed by atoms with Gasteiger partial charge >= 0.3 is 0 Å². The van der Waals surface area contributed by atoms with E-state index in [2.05, 4.69) is 24.2 Å². The molecule has 0 spiro atoms. The Morgan fingerprint density at radius 3 is 2.64 bits per heavy atom. The van der Waals surface area contributed by atoms with E-state index < -0.39 is 0 Å². The van der Waals surface area contributed by atoms with Gasteiger partial charge in [-0.05, 0) is 24.7 Å². The molecule has 0 radical (unpaired) electrons. The normalized spacial score (nSPS) is 19.6. The third kappa shape index (κ3) is 4.11. The molecule has 0 aliphatic carbocycles. The zero-order valence-corrected chi connectivity index (χ0v) is 9.82. The standard InChI is InChI=1S/C6H10S.C5H5NS/c1-2-6-4-3-5-7-6;1-2-5-6-3-4-7-5/h2,6H,1,3-5H2;2-4H,1H2. The number of hydrogen-bond acceptors (Lipinski definition) is 3. The van der Waals surface area contributed by atoms with Crippen LogP contribution >= 0.6 is 23.1 Å². The van der Waals surface area contributed by atoms with Crippen molar-refractivity contribution in [3.05, 3.63) is 35.8 Å². The highest BCUT2D eigenvalue weighted by Gasteiger charge is 2.09. The highest BCUT2D eigenvalue weighted by Crippen LogP contribution is 2.26. The first-order valence-corrected chi connectivity index (χ1v) is 6.55. The molecule has 2 heterocycles. The van der Waals surface area contributed by atoms with Crippen molar-refractivity contribution in [3.8, 4) is 0 Å². The fourth-order valence-corrected chi connectivity index (χ4v) is 2.71. The van der Waals surface area contributed by atoms with Gasteiger partial charge in [0.05, 0.1) is 0 Å². The van der Waals surface area contributed by atoms with Crippen molar-refractivity contribution in [1.29, 1.82) is 0 Å². The first-order chi connectivity index (χ1) is 6.86. The maximum atomic E-state index is 3.94. The van der Waals surface area contributed by atoms with Gasteiger partial charge in [-0.25, -0.2) is 4.98 Å². The average Bonchev–Trinajstić information content (AvgIpc) is 2.92. The summed E-state index contributed by atoms with van der Waals surface area (Å²) in [5.41, 5.74) is 0. The summed E-state index contributed by atoms with van der Waals surface area (Å²) in [6.07, 6.45) is 8.31. The predicted molar refractivity (Wildman–Crippen MR) is 67.9 cm³/mol. The third-order valence-corrected chi connectivity index (χ3v) is 4.01. The first kappa shape index (κ1) is 11.5. The molecule has 1 aromatic heterocycles. The smallest absolute Gasteiger partial charge is 0.115 e. The monoisotopic (exact) mass is 225 g/mol. The van der Waals surface area contributed by atoms with E-state index in [9.17, 15) is 0 Å². The Hall–Kier alpha value is -0.540. The molecule has 76 valence electrons. The van der Waals surface area contributed by atoms with Crippen LogP contribution in [0.4, 0.5) is 0 Å². The quantitative estimate of drug-likeness (QED) is 0.709. The minimum absolute atomic E-state index is 0.778. The van der Waals surface area contributed by atoms with Gasteiger partial charge in [-0.15, -0.1) is 17.9 Å². The molecule has 0 N–H and O–H groups in total. The summed E-state index contributed by atoms with van der Waals surface area (Å²) < 4.78 is 0. The Morgan fingerprint density at radius 1 is 1.50 bits per heavy atom. The predicted octanol–water partition coefficient (Wildman–Crippen LogP) is 3.85. The van der Waals surface area contributed by atoms with Crippen molar-refractivity contribution in [2.45, 2.75) is 18.1 Å². The van der Waals surface area contributed by atoms with Crippen LogP contribution in [0, 0.1) is 0 Å². The van der Waals surface area contributed by atoms with Crippen molar-refractivity contribution in [3.63, 3.8) is 0 Å². The maximum absolute atomic E-state index is 3.94. The number of rotatable bonds is 2. The van der Waals surface area contributed by atoms with Gasteiger partial charge in [0.2, 0.25) is 0 Å². The number of aromatic nitrogens is 1. The average molecular weight is 225 g/mol. The molecule has 1 aliphatic heterocycles. The van der Waals surface area contributed by atoms with Crippen LogP contribution in [0.25, 0.3) is 6.08 Å². The van der Waals surface area contributed by atoms with Crippen LogP contribution in [0.1, 0.15) is 17.8 Å². The Kier molecular flexibility index (Phi) is 5.64. The summed E-state index contributed by atoms with van der Waals surface area (Å²) in [7, 11) is 0. The van der Waals surface area contributed by atoms with Crippen LogP contribution in [0.3, 0.4) is 0 Å². The van der Waals surface area contributed by atoms with Gasteiger partial charge in [-0.2, -0.15) is 11.8 Å².